The fourth-order valence-electron chi connectivity index (χ4n) is 2.16. The average molecular weight is 298 g/mol. The molecular formula is C17H22N4O. The fraction of sp³-hybridized carbons (Fsp3) is 0.294. The van der Waals surface area contributed by atoms with E-state index in [1.54, 1.807) is 6.21 Å². The number of nitrogens with one attached hydrogen (secondary N) is 2. The predicted molar refractivity (Wildman–Crippen MR) is 91.2 cm³/mol. The van der Waals surface area contributed by atoms with Crippen LogP contribution in [0.25, 0.3) is 10.8 Å². The van der Waals surface area contributed by atoms with Crippen LogP contribution in [-0.2, 0) is 0 Å². The van der Waals surface area contributed by atoms with Gasteiger partial charge in [-0.3, -0.25) is 0 Å². The van der Waals surface area contributed by atoms with Gasteiger partial charge in [0.15, 0.2) is 0 Å². The molecule has 0 bridgehead atoms. The number of rotatable bonds is 6. The van der Waals surface area contributed by atoms with Crippen molar-refractivity contribution in [3.05, 3.63) is 48.0 Å². The molecule has 2 N–H and O–H groups in total. The van der Waals surface area contributed by atoms with Crippen molar-refractivity contribution < 1.29 is 4.79 Å². The molecule has 0 fully saturated rings. The summed E-state index contributed by atoms with van der Waals surface area (Å²) in [6, 6.07) is 13.8. The lowest BCUT2D eigenvalue weighted by Gasteiger charge is -2.09. The molecule has 116 valence electrons. The predicted octanol–water partition coefficient (Wildman–Crippen LogP) is 2.42. The molecule has 0 aliphatic rings. The SMILES string of the molecule is CN(C)CCCNC(=O)NN=Cc1cccc2ccccc12. The van der Waals surface area contributed by atoms with E-state index in [2.05, 4.69) is 32.9 Å². The summed E-state index contributed by atoms with van der Waals surface area (Å²) < 4.78 is 0. The Bertz CT molecular complexity index is 647. The number of urea groups is 1. The van der Waals surface area contributed by atoms with Gasteiger partial charge in [0.1, 0.15) is 0 Å². The molecule has 0 radical (unpaired) electrons. The van der Waals surface area contributed by atoms with Gasteiger partial charge in [-0.1, -0.05) is 42.5 Å². The van der Waals surface area contributed by atoms with E-state index >= 15 is 0 Å². The van der Waals surface area contributed by atoms with Gasteiger partial charge in [0.25, 0.3) is 0 Å². The molecular weight excluding hydrogens is 276 g/mol. The highest BCUT2D eigenvalue weighted by Gasteiger charge is 1.99. The number of nitrogens with zero attached hydrogens (tertiary/aromatic N) is 2. The van der Waals surface area contributed by atoms with Crippen LogP contribution in [0.15, 0.2) is 47.6 Å². The monoisotopic (exact) mass is 298 g/mol. The summed E-state index contributed by atoms with van der Waals surface area (Å²) in [7, 11) is 4.02. The molecule has 5 heteroatoms. The first-order valence-corrected chi connectivity index (χ1v) is 7.36. The third kappa shape index (κ3) is 4.86. The minimum absolute atomic E-state index is 0.282. The first-order chi connectivity index (χ1) is 10.7. The van der Waals surface area contributed by atoms with Gasteiger partial charge in [-0.2, -0.15) is 5.10 Å². The highest BCUT2D eigenvalue weighted by molar-refractivity contribution is 5.99. The van der Waals surface area contributed by atoms with Gasteiger partial charge in [-0.15, -0.1) is 0 Å². The zero-order valence-electron chi connectivity index (χ0n) is 13.0. The molecule has 0 aliphatic heterocycles. The fourth-order valence-corrected chi connectivity index (χ4v) is 2.16. The van der Waals surface area contributed by atoms with E-state index in [0.717, 1.165) is 29.3 Å². The van der Waals surface area contributed by atoms with Crippen LogP contribution >= 0.6 is 0 Å². The van der Waals surface area contributed by atoms with Crippen LogP contribution in [-0.4, -0.2) is 44.3 Å². The van der Waals surface area contributed by atoms with E-state index in [-0.39, 0.29) is 6.03 Å². The summed E-state index contributed by atoms with van der Waals surface area (Å²) in [6.07, 6.45) is 2.58. The average Bonchev–Trinajstić information content (AvgIpc) is 2.52. The van der Waals surface area contributed by atoms with Gasteiger partial charge in [0.2, 0.25) is 0 Å². The van der Waals surface area contributed by atoms with Gasteiger partial charge in [0, 0.05) is 12.1 Å². The summed E-state index contributed by atoms with van der Waals surface area (Å²) in [5.74, 6) is 0. The Labute approximate surface area is 131 Å². The maximum Gasteiger partial charge on any atom is 0.335 e. The topological polar surface area (TPSA) is 56.7 Å². The minimum atomic E-state index is -0.282. The van der Waals surface area contributed by atoms with Crippen LogP contribution in [0, 0.1) is 0 Å². The van der Waals surface area contributed by atoms with Gasteiger partial charge in [-0.05, 0) is 37.8 Å². The molecule has 0 unspecified atom stereocenters. The summed E-state index contributed by atoms with van der Waals surface area (Å²) in [5.41, 5.74) is 3.47. The van der Waals surface area contributed by atoms with Crippen molar-refractivity contribution in [3.63, 3.8) is 0 Å². The van der Waals surface area contributed by atoms with Gasteiger partial charge in [0.05, 0.1) is 6.21 Å². The van der Waals surface area contributed by atoms with Gasteiger partial charge >= 0.3 is 6.03 Å². The Morgan fingerprint density at radius 3 is 2.77 bits per heavy atom. The number of amides is 2. The molecule has 0 atom stereocenters. The van der Waals surface area contributed by atoms with Crippen molar-refractivity contribution >= 4 is 23.0 Å². The number of benzene rings is 2. The Balaban J connectivity index is 1.85. The Morgan fingerprint density at radius 1 is 1.18 bits per heavy atom. The first-order valence-electron chi connectivity index (χ1n) is 7.36. The minimum Gasteiger partial charge on any atom is -0.337 e. The lowest BCUT2D eigenvalue weighted by atomic mass is 10.1. The van der Waals surface area contributed by atoms with Crippen molar-refractivity contribution in [3.8, 4) is 0 Å². The molecule has 0 spiro atoms. The van der Waals surface area contributed by atoms with Crippen LogP contribution in [0.1, 0.15) is 12.0 Å². The quantitative estimate of drug-likeness (QED) is 0.489. The van der Waals surface area contributed by atoms with Crippen LogP contribution in [0.3, 0.4) is 0 Å². The van der Waals surface area contributed by atoms with Crippen molar-refractivity contribution in [2.75, 3.05) is 27.2 Å². The number of hydrazone groups is 1. The Hall–Kier alpha value is -2.40. The lowest BCUT2D eigenvalue weighted by Crippen LogP contribution is -2.34. The van der Waals surface area contributed by atoms with Gasteiger partial charge < -0.3 is 10.2 Å². The van der Waals surface area contributed by atoms with Gasteiger partial charge in [-0.25, -0.2) is 10.2 Å². The molecule has 5 nitrogen and oxygen atoms in total. The van der Waals surface area contributed by atoms with E-state index in [1.807, 2.05) is 44.4 Å². The van der Waals surface area contributed by atoms with E-state index < -0.39 is 0 Å². The number of carbonyl (C=O) groups is 1. The second-order valence-electron chi connectivity index (χ2n) is 5.35. The molecule has 0 heterocycles. The molecule has 0 saturated heterocycles. The molecule has 0 aromatic heterocycles. The van der Waals surface area contributed by atoms with Crippen molar-refractivity contribution in [2.24, 2.45) is 5.10 Å². The zero-order chi connectivity index (χ0) is 15.8. The smallest absolute Gasteiger partial charge is 0.335 e. The Kier molecular flexibility index (Phi) is 5.91. The van der Waals surface area contributed by atoms with Crippen molar-refractivity contribution in [2.45, 2.75) is 6.42 Å². The largest absolute Gasteiger partial charge is 0.337 e. The standard InChI is InChI=1S/C17H22N4O/c1-21(2)12-6-11-18-17(22)20-19-13-15-9-5-8-14-7-3-4-10-16(14)15/h3-5,7-10,13H,6,11-12H2,1-2H3,(H2,18,20,22). The number of hydrogen-bond acceptors (Lipinski definition) is 3. The second-order valence-corrected chi connectivity index (χ2v) is 5.35. The van der Waals surface area contributed by atoms with Crippen LogP contribution in [0.4, 0.5) is 4.79 Å². The maximum atomic E-state index is 11.6. The van der Waals surface area contributed by atoms with E-state index in [9.17, 15) is 4.79 Å². The summed E-state index contributed by atoms with van der Waals surface area (Å²) >= 11 is 0. The molecule has 22 heavy (non-hydrogen) atoms. The van der Waals surface area contributed by atoms with E-state index in [0.29, 0.717) is 6.54 Å². The van der Waals surface area contributed by atoms with Crippen molar-refractivity contribution in [1.29, 1.82) is 0 Å². The number of hydrogen-bond donors (Lipinski definition) is 2. The molecule has 2 aromatic carbocycles. The molecule has 2 amide bonds. The van der Waals surface area contributed by atoms with Crippen molar-refractivity contribution in [1.82, 2.24) is 15.6 Å². The van der Waals surface area contributed by atoms with Crippen LogP contribution in [0.5, 0.6) is 0 Å². The summed E-state index contributed by atoms with van der Waals surface area (Å²) in [4.78, 5) is 13.7. The van der Waals surface area contributed by atoms with E-state index in [4.69, 9.17) is 0 Å². The molecule has 2 aromatic rings. The summed E-state index contributed by atoms with van der Waals surface area (Å²) in [5, 5.41) is 9.04. The first kappa shape index (κ1) is 16.0. The highest BCUT2D eigenvalue weighted by atomic mass is 16.2. The van der Waals surface area contributed by atoms with Crippen LogP contribution in [0.2, 0.25) is 0 Å². The molecule has 2 rings (SSSR count). The molecule has 0 saturated carbocycles. The third-order valence-corrected chi connectivity index (χ3v) is 3.26. The Morgan fingerprint density at radius 2 is 1.95 bits per heavy atom. The lowest BCUT2D eigenvalue weighted by molar-refractivity contribution is 0.240. The number of carbonyl (C=O) groups excluding carboxylic acids is 1. The normalized spacial score (nSPS) is 11.2. The molecule has 0 aliphatic carbocycles. The highest BCUT2D eigenvalue weighted by Crippen LogP contribution is 2.16. The van der Waals surface area contributed by atoms with Crippen LogP contribution < -0.4 is 10.7 Å². The maximum absolute atomic E-state index is 11.6. The van der Waals surface area contributed by atoms with E-state index in [1.165, 1.54) is 0 Å². The third-order valence-electron chi connectivity index (χ3n) is 3.26. The zero-order valence-corrected chi connectivity index (χ0v) is 13.0. The number of fused-ring (bicyclic) bond motifs is 1. The second kappa shape index (κ2) is 8.14. The summed E-state index contributed by atoms with van der Waals surface area (Å²) in [6.45, 7) is 1.58.